The van der Waals surface area contributed by atoms with Gasteiger partial charge in [0.2, 0.25) is 0 Å². The van der Waals surface area contributed by atoms with Crippen molar-refractivity contribution in [3.8, 4) is 18.1 Å². The van der Waals surface area contributed by atoms with Crippen molar-refractivity contribution in [1.82, 2.24) is 0 Å². The van der Waals surface area contributed by atoms with Crippen LogP contribution in [0.25, 0.3) is 0 Å². The van der Waals surface area contributed by atoms with Crippen molar-refractivity contribution in [2.45, 2.75) is 25.3 Å². The minimum Gasteiger partial charge on any atom is -0.497 e. The Hall–Kier alpha value is -1.79. The van der Waals surface area contributed by atoms with Crippen LogP contribution in [0, 0.1) is 12.3 Å². The lowest BCUT2D eigenvalue weighted by Gasteiger charge is -2.07. The molecule has 1 unspecified atom stereocenters. The molecule has 0 aliphatic carbocycles. The van der Waals surface area contributed by atoms with Crippen LogP contribution < -0.4 is 10.5 Å². The summed E-state index contributed by atoms with van der Waals surface area (Å²) in [6, 6.07) is 7.11. The van der Waals surface area contributed by atoms with Gasteiger partial charge in [-0.2, -0.15) is 0 Å². The number of carbonyl (C=O) groups is 1. The summed E-state index contributed by atoms with van der Waals surface area (Å²) in [7, 11) is 1.62. The molecule has 0 amide bonds. The second-order valence-electron chi connectivity index (χ2n) is 3.83. The maximum Gasteiger partial charge on any atom is 0.150 e. The Morgan fingerprint density at radius 3 is 2.65 bits per heavy atom. The van der Waals surface area contributed by atoms with Crippen molar-refractivity contribution < 1.29 is 9.53 Å². The second-order valence-corrected chi connectivity index (χ2v) is 3.83. The first-order valence-corrected chi connectivity index (χ1v) is 5.52. The van der Waals surface area contributed by atoms with Gasteiger partial charge in [-0.05, 0) is 24.1 Å². The summed E-state index contributed by atoms with van der Waals surface area (Å²) >= 11 is 0. The van der Waals surface area contributed by atoms with E-state index in [-0.39, 0.29) is 5.78 Å². The molecule has 2 N–H and O–H groups in total. The van der Waals surface area contributed by atoms with Gasteiger partial charge in [-0.1, -0.05) is 12.1 Å². The number of ether oxygens (including phenoxy) is 1. The molecule has 0 aromatic heterocycles. The summed E-state index contributed by atoms with van der Waals surface area (Å²) in [6.07, 6.45) is 6.52. The van der Waals surface area contributed by atoms with E-state index in [4.69, 9.17) is 16.9 Å². The van der Waals surface area contributed by atoms with Crippen molar-refractivity contribution in [1.29, 1.82) is 0 Å². The SMILES string of the molecule is C#CCC(N)C(=O)CCc1ccc(OC)cc1. The number of terminal acetylenes is 1. The third-order valence-corrected chi connectivity index (χ3v) is 2.57. The molecule has 3 heteroatoms. The van der Waals surface area contributed by atoms with Crippen molar-refractivity contribution in [2.75, 3.05) is 7.11 Å². The topological polar surface area (TPSA) is 52.3 Å². The van der Waals surface area contributed by atoms with Gasteiger partial charge in [0, 0.05) is 12.8 Å². The second kappa shape index (κ2) is 6.72. The number of benzene rings is 1. The summed E-state index contributed by atoms with van der Waals surface area (Å²) in [4.78, 5) is 11.6. The van der Waals surface area contributed by atoms with Crippen molar-refractivity contribution >= 4 is 5.78 Å². The third kappa shape index (κ3) is 4.29. The van der Waals surface area contributed by atoms with Gasteiger partial charge in [0.1, 0.15) is 5.75 Å². The van der Waals surface area contributed by atoms with Crippen LogP contribution in [0.1, 0.15) is 18.4 Å². The number of nitrogens with two attached hydrogens (primary N) is 1. The summed E-state index contributed by atoms with van der Waals surface area (Å²) in [5.41, 5.74) is 6.72. The number of Topliss-reactive ketones (excluding diaryl/α,β-unsaturated/α-hetero) is 1. The highest BCUT2D eigenvalue weighted by molar-refractivity contribution is 5.84. The predicted molar refractivity (Wildman–Crippen MR) is 67.7 cm³/mol. The van der Waals surface area contributed by atoms with Crippen LogP contribution >= 0.6 is 0 Å². The van der Waals surface area contributed by atoms with E-state index in [1.165, 1.54) is 0 Å². The molecule has 90 valence electrons. The summed E-state index contributed by atoms with van der Waals surface area (Å²) in [5.74, 6) is 3.22. The fraction of sp³-hybridized carbons (Fsp3) is 0.357. The Labute approximate surface area is 102 Å². The molecular weight excluding hydrogens is 214 g/mol. The molecule has 0 spiro atoms. The molecule has 1 aromatic carbocycles. The molecule has 0 bridgehead atoms. The van der Waals surface area contributed by atoms with Crippen LogP contribution in [0.5, 0.6) is 5.75 Å². The molecule has 1 rings (SSSR count). The Kier molecular flexibility index (Phi) is 5.25. The number of methoxy groups -OCH3 is 1. The third-order valence-electron chi connectivity index (χ3n) is 2.57. The Balaban J connectivity index is 2.44. The minimum absolute atomic E-state index is 0.0127. The van der Waals surface area contributed by atoms with E-state index in [0.29, 0.717) is 19.3 Å². The molecule has 0 fully saturated rings. The number of aryl methyl sites for hydroxylation is 1. The number of carbonyl (C=O) groups excluding carboxylic acids is 1. The maximum atomic E-state index is 11.6. The average Bonchev–Trinajstić information content (AvgIpc) is 2.36. The van der Waals surface area contributed by atoms with Gasteiger partial charge in [0.25, 0.3) is 0 Å². The van der Waals surface area contributed by atoms with Crippen molar-refractivity contribution in [2.24, 2.45) is 5.73 Å². The molecule has 1 atom stereocenters. The van der Waals surface area contributed by atoms with Crippen LogP contribution in [-0.2, 0) is 11.2 Å². The number of rotatable bonds is 6. The molecule has 0 saturated heterocycles. The normalized spacial score (nSPS) is 11.6. The van der Waals surface area contributed by atoms with E-state index in [1.54, 1.807) is 7.11 Å². The van der Waals surface area contributed by atoms with Gasteiger partial charge < -0.3 is 10.5 Å². The Morgan fingerprint density at radius 2 is 2.12 bits per heavy atom. The van der Waals surface area contributed by atoms with Gasteiger partial charge in [0.05, 0.1) is 13.2 Å². The molecule has 0 heterocycles. The lowest BCUT2D eigenvalue weighted by Crippen LogP contribution is -2.30. The highest BCUT2D eigenvalue weighted by atomic mass is 16.5. The first kappa shape index (κ1) is 13.3. The van der Waals surface area contributed by atoms with Gasteiger partial charge in [-0.3, -0.25) is 4.79 Å². The molecule has 0 saturated carbocycles. The molecule has 0 radical (unpaired) electrons. The molecule has 3 nitrogen and oxygen atoms in total. The van der Waals surface area contributed by atoms with Gasteiger partial charge in [-0.15, -0.1) is 12.3 Å². The molecule has 0 aliphatic rings. The summed E-state index contributed by atoms with van der Waals surface area (Å²) < 4.78 is 5.06. The zero-order valence-electron chi connectivity index (χ0n) is 9.98. The van der Waals surface area contributed by atoms with E-state index in [9.17, 15) is 4.79 Å². The minimum atomic E-state index is -0.529. The van der Waals surface area contributed by atoms with Gasteiger partial charge >= 0.3 is 0 Å². The van der Waals surface area contributed by atoms with E-state index < -0.39 is 6.04 Å². The quantitative estimate of drug-likeness (QED) is 0.756. The molecule has 17 heavy (non-hydrogen) atoms. The van der Waals surface area contributed by atoms with Crippen LogP contribution in [0.3, 0.4) is 0 Å². The van der Waals surface area contributed by atoms with E-state index >= 15 is 0 Å². The van der Waals surface area contributed by atoms with Crippen LogP contribution in [0.2, 0.25) is 0 Å². The Morgan fingerprint density at radius 1 is 1.47 bits per heavy atom. The monoisotopic (exact) mass is 231 g/mol. The smallest absolute Gasteiger partial charge is 0.150 e. The van der Waals surface area contributed by atoms with E-state index in [0.717, 1.165) is 11.3 Å². The predicted octanol–water partition coefficient (Wildman–Crippen LogP) is 1.55. The molecular formula is C14H17NO2. The van der Waals surface area contributed by atoms with E-state index in [2.05, 4.69) is 5.92 Å². The number of hydrogen-bond donors (Lipinski definition) is 1. The van der Waals surface area contributed by atoms with Gasteiger partial charge in [-0.25, -0.2) is 0 Å². The summed E-state index contributed by atoms with van der Waals surface area (Å²) in [5, 5.41) is 0. The van der Waals surface area contributed by atoms with Crippen LogP contribution in [0.15, 0.2) is 24.3 Å². The van der Waals surface area contributed by atoms with E-state index in [1.807, 2.05) is 24.3 Å². The maximum absolute atomic E-state index is 11.6. The van der Waals surface area contributed by atoms with Crippen LogP contribution in [-0.4, -0.2) is 18.9 Å². The molecule has 1 aromatic rings. The first-order chi connectivity index (χ1) is 8.17. The van der Waals surface area contributed by atoms with Crippen molar-refractivity contribution in [3.05, 3.63) is 29.8 Å². The van der Waals surface area contributed by atoms with Crippen LogP contribution in [0.4, 0.5) is 0 Å². The summed E-state index contributed by atoms with van der Waals surface area (Å²) in [6.45, 7) is 0. The fourth-order valence-electron chi connectivity index (χ4n) is 1.49. The number of hydrogen-bond acceptors (Lipinski definition) is 3. The largest absolute Gasteiger partial charge is 0.497 e. The first-order valence-electron chi connectivity index (χ1n) is 5.52. The highest BCUT2D eigenvalue weighted by Crippen LogP contribution is 2.13. The lowest BCUT2D eigenvalue weighted by atomic mass is 10.0. The standard InChI is InChI=1S/C14H17NO2/c1-3-4-13(15)14(16)10-7-11-5-8-12(17-2)9-6-11/h1,5-6,8-9,13H,4,7,10,15H2,2H3. The zero-order chi connectivity index (χ0) is 12.7. The number of ketones is 1. The Bertz CT molecular complexity index is 403. The average molecular weight is 231 g/mol. The fourth-order valence-corrected chi connectivity index (χ4v) is 1.49. The molecule has 0 aliphatic heterocycles. The highest BCUT2D eigenvalue weighted by Gasteiger charge is 2.11. The van der Waals surface area contributed by atoms with Gasteiger partial charge in [0.15, 0.2) is 5.78 Å². The lowest BCUT2D eigenvalue weighted by molar-refractivity contribution is -0.120. The zero-order valence-corrected chi connectivity index (χ0v) is 9.98. The van der Waals surface area contributed by atoms with Crippen molar-refractivity contribution in [3.63, 3.8) is 0 Å².